The van der Waals surface area contributed by atoms with Gasteiger partial charge in [0.25, 0.3) is 0 Å². The molecule has 0 spiro atoms. The Morgan fingerprint density at radius 1 is 1.35 bits per heavy atom. The summed E-state index contributed by atoms with van der Waals surface area (Å²) in [5.74, 6) is 0.0249. The van der Waals surface area contributed by atoms with Gasteiger partial charge in [-0.15, -0.1) is 0 Å². The lowest BCUT2D eigenvalue weighted by Crippen LogP contribution is -2.17. The fraction of sp³-hybridized carbons (Fsp3) is 0.214. The van der Waals surface area contributed by atoms with Crippen LogP contribution in [0.4, 0.5) is 10.1 Å². The van der Waals surface area contributed by atoms with Gasteiger partial charge in [0.1, 0.15) is 17.6 Å². The molecule has 6 heteroatoms. The highest BCUT2D eigenvalue weighted by molar-refractivity contribution is 5.55. The van der Waals surface area contributed by atoms with E-state index in [0.29, 0.717) is 17.1 Å². The Morgan fingerprint density at radius 2 is 2.10 bits per heavy atom. The summed E-state index contributed by atoms with van der Waals surface area (Å²) in [5, 5.41) is 21.9. The van der Waals surface area contributed by atoms with Gasteiger partial charge in [-0.25, -0.2) is 4.39 Å². The molecule has 0 saturated heterocycles. The lowest BCUT2D eigenvalue weighted by molar-refractivity contribution is 0.392. The molecule has 2 rings (SSSR count). The van der Waals surface area contributed by atoms with Crippen molar-refractivity contribution < 1.29 is 8.91 Å². The van der Waals surface area contributed by atoms with Gasteiger partial charge < -0.3 is 4.52 Å². The SMILES string of the molecule is Cc1noc(C)c1CN(C#N)c1ccc(F)c(C#N)c1. The van der Waals surface area contributed by atoms with Gasteiger partial charge in [-0.05, 0) is 32.0 Å². The standard InChI is InChI=1S/C14H11FN4O/c1-9-13(10(2)20-18-9)7-19(8-17)12-3-4-14(15)11(5-12)6-16/h3-5H,7H2,1-2H3. The topological polar surface area (TPSA) is 76.8 Å². The highest BCUT2D eigenvalue weighted by Crippen LogP contribution is 2.22. The van der Waals surface area contributed by atoms with E-state index < -0.39 is 5.82 Å². The fourth-order valence-corrected chi connectivity index (χ4v) is 1.84. The van der Waals surface area contributed by atoms with Crippen molar-refractivity contribution in [2.45, 2.75) is 20.4 Å². The van der Waals surface area contributed by atoms with Crippen LogP contribution < -0.4 is 4.90 Å². The molecule has 1 aromatic heterocycles. The maximum atomic E-state index is 13.3. The lowest BCUT2D eigenvalue weighted by Gasteiger charge is -2.15. The van der Waals surface area contributed by atoms with Crippen molar-refractivity contribution in [3.8, 4) is 12.3 Å². The van der Waals surface area contributed by atoms with Gasteiger partial charge in [0.15, 0.2) is 6.19 Å². The molecule has 0 amide bonds. The summed E-state index contributed by atoms with van der Waals surface area (Å²) in [6.07, 6.45) is 2.01. The highest BCUT2D eigenvalue weighted by Gasteiger charge is 2.15. The van der Waals surface area contributed by atoms with Crippen LogP contribution in [0.2, 0.25) is 0 Å². The van der Waals surface area contributed by atoms with E-state index in [4.69, 9.17) is 9.78 Å². The van der Waals surface area contributed by atoms with Crippen molar-refractivity contribution in [3.63, 3.8) is 0 Å². The molecule has 0 unspecified atom stereocenters. The molecular weight excluding hydrogens is 259 g/mol. The molecular formula is C14H11FN4O. The predicted molar refractivity (Wildman–Crippen MR) is 68.9 cm³/mol. The van der Waals surface area contributed by atoms with E-state index in [-0.39, 0.29) is 12.1 Å². The minimum atomic E-state index is -0.605. The van der Waals surface area contributed by atoms with Gasteiger partial charge in [-0.1, -0.05) is 5.16 Å². The van der Waals surface area contributed by atoms with Crippen LogP contribution in [0.15, 0.2) is 22.7 Å². The third-order valence-corrected chi connectivity index (χ3v) is 3.00. The van der Waals surface area contributed by atoms with E-state index >= 15 is 0 Å². The number of nitriles is 2. The number of hydrogen-bond donors (Lipinski definition) is 0. The second-order valence-corrected chi connectivity index (χ2v) is 4.26. The van der Waals surface area contributed by atoms with Crippen LogP contribution >= 0.6 is 0 Å². The highest BCUT2D eigenvalue weighted by atomic mass is 19.1. The predicted octanol–water partition coefficient (Wildman–Crippen LogP) is 2.79. The van der Waals surface area contributed by atoms with Crippen molar-refractivity contribution in [2.24, 2.45) is 0 Å². The Balaban J connectivity index is 2.35. The van der Waals surface area contributed by atoms with Gasteiger partial charge in [-0.2, -0.15) is 10.5 Å². The Bertz CT molecular complexity index is 704. The minimum absolute atomic E-state index is 0.0958. The molecule has 0 aliphatic rings. The molecule has 0 bridgehead atoms. The third kappa shape index (κ3) is 2.45. The van der Waals surface area contributed by atoms with E-state index in [1.54, 1.807) is 19.9 Å². The molecule has 1 aromatic carbocycles. The van der Waals surface area contributed by atoms with E-state index in [2.05, 4.69) is 5.16 Å². The molecule has 0 fully saturated rings. The van der Waals surface area contributed by atoms with Crippen LogP contribution in [0.3, 0.4) is 0 Å². The van der Waals surface area contributed by atoms with Crippen LogP contribution in [0, 0.1) is 42.5 Å². The molecule has 20 heavy (non-hydrogen) atoms. The van der Waals surface area contributed by atoms with Gasteiger partial charge in [-0.3, -0.25) is 4.90 Å². The van der Waals surface area contributed by atoms with Crippen LogP contribution in [0.25, 0.3) is 0 Å². The molecule has 0 aliphatic heterocycles. The van der Waals surface area contributed by atoms with Crippen molar-refractivity contribution >= 4 is 5.69 Å². The summed E-state index contributed by atoms with van der Waals surface area (Å²) in [5.41, 5.74) is 1.85. The molecule has 0 radical (unpaired) electrons. The van der Waals surface area contributed by atoms with Crippen molar-refractivity contribution in [1.82, 2.24) is 5.16 Å². The second-order valence-electron chi connectivity index (χ2n) is 4.26. The van der Waals surface area contributed by atoms with E-state index in [0.717, 1.165) is 5.56 Å². The van der Waals surface area contributed by atoms with Gasteiger partial charge >= 0.3 is 0 Å². The number of aryl methyl sites for hydroxylation is 2. The monoisotopic (exact) mass is 270 g/mol. The first kappa shape index (κ1) is 13.6. The average Bonchev–Trinajstić information content (AvgIpc) is 2.76. The molecule has 0 N–H and O–H groups in total. The van der Waals surface area contributed by atoms with Crippen LogP contribution in [0.1, 0.15) is 22.6 Å². The van der Waals surface area contributed by atoms with E-state index in [1.807, 2.05) is 6.19 Å². The quantitative estimate of drug-likeness (QED) is 0.633. The first-order chi connectivity index (χ1) is 9.56. The Hall–Kier alpha value is -2.86. The zero-order valence-corrected chi connectivity index (χ0v) is 11.0. The zero-order chi connectivity index (χ0) is 14.7. The first-order valence-corrected chi connectivity index (χ1v) is 5.85. The number of anilines is 1. The van der Waals surface area contributed by atoms with Crippen LogP contribution in [-0.2, 0) is 6.54 Å². The van der Waals surface area contributed by atoms with Crippen LogP contribution in [-0.4, -0.2) is 5.16 Å². The Labute approximate surface area is 115 Å². The zero-order valence-electron chi connectivity index (χ0n) is 11.0. The van der Waals surface area contributed by atoms with Crippen LogP contribution in [0.5, 0.6) is 0 Å². The summed E-state index contributed by atoms with van der Waals surface area (Å²) in [7, 11) is 0. The molecule has 0 aliphatic carbocycles. The molecule has 0 saturated carbocycles. The Morgan fingerprint density at radius 3 is 2.65 bits per heavy atom. The summed E-state index contributed by atoms with van der Waals surface area (Å²) < 4.78 is 18.3. The normalized spacial score (nSPS) is 9.85. The molecule has 1 heterocycles. The van der Waals surface area contributed by atoms with Gasteiger partial charge in [0.05, 0.1) is 23.5 Å². The number of benzene rings is 1. The number of halogens is 1. The molecule has 5 nitrogen and oxygen atoms in total. The number of nitrogens with zero attached hydrogens (tertiary/aromatic N) is 4. The van der Waals surface area contributed by atoms with E-state index in [1.165, 1.54) is 23.1 Å². The second kappa shape index (κ2) is 5.41. The van der Waals surface area contributed by atoms with Gasteiger partial charge in [0, 0.05) is 5.56 Å². The summed E-state index contributed by atoms with van der Waals surface area (Å²) in [6, 6.07) is 5.73. The van der Waals surface area contributed by atoms with Crippen molar-refractivity contribution in [2.75, 3.05) is 4.90 Å². The van der Waals surface area contributed by atoms with Gasteiger partial charge in [0.2, 0.25) is 0 Å². The summed E-state index contributed by atoms with van der Waals surface area (Å²) in [6.45, 7) is 3.80. The number of rotatable bonds is 3. The molecule has 2 aromatic rings. The minimum Gasteiger partial charge on any atom is -0.361 e. The molecule has 0 atom stereocenters. The van der Waals surface area contributed by atoms with E-state index in [9.17, 15) is 9.65 Å². The summed E-state index contributed by atoms with van der Waals surface area (Å²) >= 11 is 0. The lowest BCUT2D eigenvalue weighted by atomic mass is 10.1. The Kier molecular flexibility index (Phi) is 3.67. The maximum absolute atomic E-state index is 13.3. The number of hydrogen-bond acceptors (Lipinski definition) is 5. The van der Waals surface area contributed by atoms with Crippen molar-refractivity contribution in [3.05, 3.63) is 46.6 Å². The first-order valence-electron chi connectivity index (χ1n) is 5.85. The smallest absolute Gasteiger partial charge is 0.184 e. The molecule has 100 valence electrons. The maximum Gasteiger partial charge on any atom is 0.184 e. The average molecular weight is 270 g/mol. The fourth-order valence-electron chi connectivity index (χ4n) is 1.84. The third-order valence-electron chi connectivity index (χ3n) is 3.00. The summed E-state index contributed by atoms with van der Waals surface area (Å²) in [4.78, 5) is 1.35. The van der Waals surface area contributed by atoms with Crippen molar-refractivity contribution in [1.29, 1.82) is 10.5 Å². The number of aromatic nitrogens is 1. The largest absolute Gasteiger partial charge is 0.361 e.